The van der Waals surface area contributed by atoms with Gasteiger partial charge >= 0.3 is 0 Å². The molecular formula is C16H19FN2O3. The van der Waals surface area contributed by atoms with Crippen molar-refractivity contribution in [2.45, 2.75) is 50.7 Å². The molecule has 6 heteroatoms. The van der Waals surface area contributed by atoms with Crippen molar-refractivity contribution in [3.05, 3.63) is 24.0 Å². The number of benzene rings is 1. The summed E-state index contributed by atoms with van der Waals surface area (Å²) in [4.78, 5) is 23.1. The largest absolute Gasteiger partial charge is 0.487 e. The molecule has 3 rings (SSSR count). The zero-order chi connectivity index (χ0) is 15.5. The van der Waals surface area contributed by atoms with Crippen LogP contribution in [-0.4, -0.2) is 24.0 Å². The molecule has 5 nitrogen and oxygen atoms in total. The number of halogens is 1. The Bertz CT molecular complexity index is 585. The summed E-state index contributed by atoms with van der Waals surface area (Å²) >= 11 is 0. The van der Waals surface area contributed by atoms with Gasteiger partial charge in [0, 0.05) is 18.2 Å². The van der Waals surface area contributed by atoms with Gasteiger partial charge in [0.25, 0.3) is 0 Å². The first-order valence-electron chi connectivity index (χ1n) is 7.68. The molecule has 0 bridgehead atoms. The first-order valence-corrected chi connectivity index (χ1v) is 7.68. The van der Waals surface area contributed by atoms with E-state index in [4.69, 9.17) is 4.74 Å². The lowest BCUT2D eigenvalue weighted by Crippen LogP contribution is -2.37. The second-order valence-corrected chi connectivity index (χ2v) is 5.82. The van der Waals surface area contributed by atoms with Gasteiger partial charge in [0.05, 0.1) is 6.10 Å². The average Bonchev–Trinajstić information content (AvgIpc) is 3.13. The summed E-state index contributed by atoms with van der Waals surface area (Å²) in [5.74, 6) is -0.722. The number of ether oxygens (including phenoxy) is 1. The summed E-state index contributed by atoms with van der Waals surface area (Å²) in [5.41, 5.74) is 0.363. The minimum Gasteiger partial charge on any atom is -0.487 e. The normalized spacial score (nSPS) is 21.7. The van der Waals surface area contributed by atoms with Crippen LogP contribution < -0.4 is 15.4 Å². The van der Waals surface area contributed by atoms with Crippen LogP contribution in [0.25, 0.3) is 0 Å². The lowest BCUT2D eigenvalue weighted by Gasteiger charge is -2.15. The quantitative estimate of drug-likeness (QED) is 0.897. The van der Waals surface area contributed by atoms with Gasteiger partial charge in [0.2, 0.25) is 11.8 Å². The third-order valence-corrected chi connectivity index (χ3v) is 4.11. The lowest BCUT2D eigenvalue weighted by atomic mass is 10.2. The number of nitrogens with one attached hydrogen (secondary N) is 2. The van der Waals surface area contributed by atoms with Gasteiger partial charge in [-0.3, -0.25) is 9.59 Å². The number of hydrogen-bond acceptors (Lipinski definition) is 3. The molecule has 2 N–H and O–H groups in total. The van der Waals surface area contributed by atoms with Crippen LogP contribution in [0, 0.1) is 5.82 Å². The molecule has 1 saturated heterocycles. The van der Waals surface area contributed by atoms with E-state index in [1.54, 1.807) is 6.07 Å². The van der Waals surface area contributed by atoms with Gasteiger partial charge in [0.1, 0.15) is 6.04 Å². The van der Waals surface area contributed by atoms with Crippen LogP contribution >= 0.6 is 0 Å². The maximum absolute atomic E-state index is 14.0. The minimum absolute atomic E-state index is 0.0867. The van der Waals surface area contributed by atoms with Gasteiger partial charge in [-0.15, -0.1) is 0 Å². The summed E-state index contributed by atoms with van der Waals surface area (Å²) in [5, 5.41) is 5.20. The molecule has 0 spiro atoms. The smallest absolute Gasteiger partial charge is 0.246 e. The predicted molar refractivity (Wildman–Crippen MR) is 79.1 cm³/mol. The topological polar surface area (TPSA) is 67.4 Å². The molecule has 1 aliphatic carbocycles. The second kappa shape index (κ2) is 6.34. The Hall–Kier alpha value is -2.11. The Morgan fingerprint density at radius 2 is 2.05 bits per heavy atom. The van der Waals surface area contributed by atoms with Crippen molar-refractivity contribution in [1.29, 1.82) is 0 Å². The van der Waals surface area contributed by atoms with Gasteiger partial charge < -0.3 is 15.4 Å². The van der Waals surface area contributed by atoms with Crippen LogP contribution in [0.4, 0.5) is 10.1 Å². The van der Waals surface area contributed by atoms with Crippen molar-refractivity contribution in [3.8, 4) is 5.75 Å². The fraction of sp³-hybridized carbons (Fsp3) is 0.500. The SMILES string of the molecule is O=C1CC[C@@H](C(=O)Nc2ccc(OC3CCCC3)c(F)c2)N1. The molecule has 1 aromatic carbocycles. The minimum atomic E-state index is -0.537. The average molecular weight is 306 g/mol. The van der Waals surface area contributed by atoms with E-state index in [9.17, 15) is 14.0 Å². The summed E-state index contributed by atoms with van der Waals surface area (Å²) in [6.45, 7) is 0. The standard InChI is InChI=1S/C16H19FN2O3/c17-12-9-10(18-16(21)13-6-8-15(20)19-13)5-7-14(12)22-11-3-1-2-4-11/h5,7,9,11,13H,1-4,6,8H2,(H,18,21)(H,19,20)/t13-/m0/s1. The van der Waals surface area contributed by atoms with Crippen LogP contribution in [-0.2, 0) is 9.59 Å². The summed E-state index contributed by atoms with van der Waals surface area (Å²) in [6, 6.07) is 3.86. The first kappa shape index (κ1) is 14.8. The van der Waals surface area contributed by atoms with Gasteiger partial charge in [-0.2, -0.15) is 0 Å². The molecule has 0 aromatic heterocycles. The first-order chi connectivity index (χ1) is 10.6. The third-order valence-electron chi connectivity index (χ3n) is 4.11. The van der Waals surface area contributed by atoms with E-state index in [2.05, 4.69) is 10.6 Å². The van der Waals surface area contributed by atoms with E-state index in [1.165, 1.54) is 12.1 Å². The monoisotopic (exact) mass is 306 g/mol. The van der Waals surface area contributed by atoms with E-state index in [-0.39, 0.29) is 23.7 Å². The summed E-state index contributed by atoms with van der Waals surface area (Å²) < 4.78 is 19.7. The molecule has 22 heavy (non-hydrogen) atoms. The number of anilines is 1. The fourth-order valence-electron chi connectivity index (χ4n) is 2.90. The van der Waals surface area contributed by atoms with Crippen LogP contribution in [0.2, 0.25) is 0 Å². The number of hydrogen-bond donors (Lipinski definition) is 2. The molecule has 1 atom stereocenters. The number of carbonyl (C=O) groups excluding carboxylic acids is 2. The Balaban J connectivity index is 1.61. The maximum Gasteiger partial charge on any atom is 0.246 e. The molecule has 2 aliphatic rings. The fourth-order valence-corrected chi connectivity index (χ4v) is 2.90. The van der Waals surface area contributed by atoms with Crippen LogP contribution in [0.3, 0.4) is 0 Å². The summed E-state index contributed by atoms with van der Waals surface area (Å²) in [6.07, 6.45) is 5.06. The number of rotatable bonds is 4. The molecule has 0 radical (unpaired) electrons. The number of amides is 2. The Kier molecular flexibility index (Phi) is 4.27. The third kappa shape index (κ3) is 3.37. The van der Waals surface area contributed by atoms with Crippen LogP contribution in [0.5, 0.6) is 5.75 Å². The highest BCUT2D eigenvalue weighted by molar-refractivity contribution is 5.98. The predicted octanol–water partition coefficient (Wildman–Crippen LogP) is 2.36. The zero-order valence-corrected chi connectivity index (χ0v) is 12.2. The second-order valence-electron chi connectivity index (χ2n) is 5.82. The Labute approximate surface area is 128 Å². The molecule has 1 aliphatic heterocycles. The highest BCUT2D eigenvalue weighted by Gasteiger charge is 2.27. The van der Waals surface area contributed by atoms with E-state index in [1.807, 2.05) is 0 Å². The van der Waals surface area contributed by atoms with Crippen molar-refractivity contribution in [2.75, 3.05) is 5.32 Å². The molecule has 2 amide bonds. The molecule has 118 valence electrons. The van der Waals surface area contributed by atoms with E-state index >= 15 is 0 Å². The number of carbonyl (C=O) groups is 2. The van der Waals surface area contributed by atoms with Gasteiger partial charge in [-0.05, 0) is 44.2 Å². The molecule has 0 unspecified atom stereocenters. The van der Waals surface area contributed by atoms with Gasteiger partial charge in [-0.1, -0.05) is 0 Å². The van der Waals surface area contributed by atoms with Crippen molar-refractivity contribution in [3.63, 3.8) is 0 Å². The molecule has 2 fully saturated rings. The summed E-state index contributed by atoms with van der Waals surface area (Å²) in [7, 11) is 0. The van der Waals surface area contributed by atoms with Crippen molar-refractivity contribution in [1.82, 2.24) is 5.32 Å². The molecule has 1 heterocycles. The molecular weight excluding hydrogens is 287 g/mol. The highest BCUT2D eigenvalue weighted by Crippen LogP contribution is 2.27. The van der Waals surface area contributed by atoms with E-state index < -0.39 is 11.9 Å². The van der Waals surface area contributed by atoms with E-state index in [0.29, 0.717) is 18.5 Å². The van der Waals surface area contributed by atoms with Crippen molar-refractivity contribution < 1.29 is 18.7 Å². The van der Waals surface area contributed by atoms with E-state index in [0.717, 1.165) is 25.7 Å². The molecule has 1 saturated carbocycles. The Morgan fingerprint density at radius 3 is 2.68 bits per heavy atom. The van der Waals surface area contributed by atoms with Gasteiger partial charge in [-0.25, -0.2) is 4.39 Å². The molecule has 1 aromatic rings. The maximum atomic E-state index is 14.0. The highest BCUT2D eigenvalue weighted by atomic mass is 19.1. The zero-order valence-electron chi connectivity index (χ0n) is 12.2. The van der Waals surface area contributed by atoms with Crippen molar-refractivity contribution >= 4 is 17.5 Å². The van der Waals surface area contributed by atoms with Crippen LogP contribution in [0.1, 0.15) is 38.5 Å². The lowest BCUT2D eigenvalue weighted by molar-refractivity contribution is -0.122. The van der Waals surface area contributed by atoms with Gasteiger partial charge in [0.15, 0.2) is 11.6 Å². The Morgan fingerprint density at radius 1 is 1.27 bits per heavy atom. The van der Waals surface area contributed by atoms with Crippen molar-refractivity contribution in [2.24, 2.45) is 0 Å². The van der Waals surface area contributed by atoms with Crippen LogP contribution in [0.15, 0.2) is 18.2 Å².